The molecule has 1 aliphatic heterocycles. The van der Waals surface area contributed by atoms with Crippen LogP contribution in [0.2, 0.25) is 0 Å². The van der Waals surface area contributed by atoms with Gasteiger partial charge in [0.15, 0.2) is 0 Å². The molecule has 3 rings (SSSR count). The lowest BCUT2D eigenvalue weighted by molar-refractivity contribution is -0.120. The van der Waals surface area contributed by atoms with Crippen LogP contribution in [0.3, 0.4) is 0 Å². The van der Waals surface area contributed by atoms with Gasteiger partial charge in [-0.25, -0.2) is 9.59 Å². The molecule has 1 fully saturated rings. The first-order valence-corrected chi connectivity index (χ1v) is 7.98. The zero-order valence-electron chi connectivity index (χ0n) is 13.9. The van der Waals surface area contributed by atoms with Crippen LogP contribution in [0, 0.1) is 6.92 Å². The summed E-state index contributed by atoms with van der Waals surface area (Å²) in [7, 11) is 0. The number of urea groups is 1. The van der Waals surface area contributed by atoms with E-state index in [9.17, 15) is 14.4 Å². The summed E-state index contributed by atoms with van der Waals surface area (Å²) in [5, 5.41) is 4.72. The predicted octanol–water partition coefficient (Wildman–Crippen LogP) is 2.12. The fourth-order valence-electron chi connectivity index (χ4n) is 2.66. The third kappa shape index (κ3) is 3.71. The van der Waals surface area contributed by atoms with E-state index in [2.05, 4.69) is 10.6 Å². The van der Waals surface area contributed by atoms with Gasteiger partial charge in [-0.3, -0.25) is 10.1 Å². The molecule has 0 saturated carbocycles. The average Bonchev–Trinajstić information content (AvgIpc) is 3.11. The molecule has 7 nitrogen and oxygen atoms in total. The fraction of sp³-hybridized carbons (Fsp3) is 0.278. The second-order valence-electron chi connectivity index (χ2n) is 5.82. The lowest BCUT2D eigenvalue weighted by atomic mass is 10.1. The standard InChI is InChI=1S/C18H18N2O5/c1-3-14-10(2)8-15(25-14)17(22)24-12-6-4-11(5-7-12)9-13-16(21)20-18(23)19-13/h4-8,13H,3,9H2,1-2H3,(H2,19,20,21,23). The summed E-state index contributed by atoms with van der Waals surface area (Å²) in [4.78, 5) is 34.8. The summed E-state index contributed by atoms with van der Waals surface area (Å²) in [5.41, 5.74) is 1.76. The smallest absolute Gasteiger partial charge is 0.379 e. The molecule has 3 amide bonds. The number of rotatable bonds is 5. The number of esters is 1. The lowest BCUT2D eigenvalue weighted by Crippen LogP contribution is -2.31. The molecule has 0 radical (unpaired) electrons. The number of hydrogen-bond acceptors (Lipinski definition) is 5. The third-order valence-corrected chi connectivity index (χ3v) is 3.98. The summed E-state index contributed by atoms with van der Waals surface area (Å²) in [6.45, 7) is 3.83. The number of carbonyl (C=O) groups is 3. The van der Waals surface area contributed by atoms with Crippen molar-refractivity contribution >= 4 is 17.9 Å². The maximum atomic E-state index is 12.1. The average molecular weight is 342 g/mol. The molecule has 0 bridgehead atoms. The highest BCUT2D eigenvalue weighted by atomic mass is 16.5. The van der Waals surface area contributed by atoms with Gasteiger partial charge < -0.3 is 14.5 Å². The molecule has 0 aliphatic carbocycles. The third-order valence-electron chi connectivity index (χ3n) is 3.98. The van der Waals surface area contributed by atoms with Crippen molar-refractivity contribution < 1.29 is 23.5 Å². The summed E-state index contributed by atoms with van der Waals surface area (Å²) < 4.78 is 10.8. The highest BCUT2D eigenvalue weighted by molar-refractivity contribution is 6.04. The van der Waals surface area contributed by atoms with Crippen LogP contribution < -0.4 is 15.4 Å². The Morgan fingerprint density at radius 2 is 1.96 bits per heavy atom. The second kappa shape index (κ2) is 6.80. The number of imide groups is 1. The van der Waals surface area contributed by atoms with Gasteiger partial charge in [0.1, 0.15) is 17.6 Å². The molecule has 2 heterocycles. The van der Waals surface area contributed by atoms with Gasteiger partial charge in [-0.2, -0.15) is 0 Å². The van der Waals surface area contributed by atoms with Crippen molar-refractivity contribution in [3.05, 3.63) is 53.0 Å². The van der Waals surface area contributed by atoms with E-state index in [4.69, 9.17) is 9.15 Å². The summed E-state index contributed by atoms with van der Waals surface area (Å²) >= 11 is 0. The van der Waals surface area contributed by atoms with E-state index in [1.165, 1.54) is 0 Å². The van der Waals surface area contributed by atoms with Crippen molar-refractivity contribution in [3.8, 4) is 5.75 Å². The zero-order valence-corrected chi connectivity index (χ0v) is 13.9. The molecule has 2 aromatic rings. The summed E-state index contributed by atoms with van der Waals surface area (Å²) in [5.74, 6) is 0.405. The van der Waals surface area contributed by atoms with E-state index >= 15 is 0 Å². The minimum atomic E-state index is -0.584. The molecule has 130 valence electrons. The molecule has 25 heavy (non-hydrogen) atoms. The Kier molecular flexibility index (Phi) is 4.56. The second-order valence-corrected chi connectivity index (χ2v) is 5.82. The van der Waals surface area contributed by atoms with Gasteiger partial charge in [-0.1, -0.05) is 19.1 Å². The summed E-state index contributed by atoms with van der Waals surface area (Å²) in [6, 6.07) is 7.35. The van der Waals surface area contributed by atoms with Gasteiger partial charge in [0.05, 0.1) is 0 Å². The van der Waals surface area contributed by atoms with Gasteiger partial charge in [-0.15, -0.1) is 0 Å². The van der Waals surface area contributed by atoms with Crippen molar-refractivity contribution in [2.24, 2.45) is 0 Å². The van der Waals surface area contributed by atoms with Gasteiger partial charge >= 0.3 is 12.0 Å². The van der Waals surface area contributed by atoms with Crippen molar-refractivity contribution in [3.63, 3.8) is 0 Å². The molecule has 1 unspecified atom stereocenters. The summed E-state index contributed by atoms with van der Waals surface area (Å²) in [6.07, 6.45) is 1.07. The van der Waals surface area contributed by atoms with Crippen LogP contribution in [0.4, 0.5) is 4.79 Å². The van der Waals surface area contributed by atoms with Crippen LogP contribution in [0.5, 0.6) is 5.75 Å². The quantitative estimate of drug-likeness (QED) is 0.493. The number of ether oxygens (including phenoxy) is 1. The highest BCUT2D eigenvalue weighted by Crippen LogP contribution is 2.19. The molecule has 2 N–H and O–H groups in total. The van der Waals surface area contributed by atoms with Crippen LogP contribution in [0.15, 0.2) is 34.7 Å². The van der Waals surface area contributed by atoms with Crippen LogP contribution in [0.25, 0.3) is 0 Å². The van der Waals surface area contributed by atoms with Gasteiger partial charge in [0.25, 0.3) is 5.91 Å². The highest BCUT2D eigenvalue weighted by Gasteiger charge is 2.29. The van der Waals surface area contributed by atoms with E-state index in [-0.39, 0.29) is 11.7 Å². The minimum absolute atomic E-state index is 0.170. The van der Waals surface area contributed by atoms with Crippen molar-refractivity contribution in [1.29, 1.82) is 0 Å². The van der Waals surface area contributed by atoms with Crippen molar-refractivity contribution in [2.45, 2.75) is 32.7 Å². The van der Waals surface area contributed by atoms with Crippen LogP contribution >= 0.6 is 0 Å². The van der Waals surface area contributed by atoms with Crippen molar-refractivity contribution in [2.75, 3.05) is 0 Å². The van der Waals surface area contributed by atoms with Crippen molar-refractivity contribution in [1.82, 2.24) is 10.6 Å². The molecule has 0 spiro atoms. The lowest BCUT2D eigenvalue weighted by Gasteiger charge is -2.08. The van der Waals surface area contributed by atoms with E-state index in [1.54, 1.807) is 30.3 Å². The SMILES string of the molecule is CCc1oc(C(=O)Oc2ccc(CC3NC(=O)NC3=O)cc2)cc1C. The first-order valence-electron chi connectivity index (χ1n) is 7.98. The molecular weight excluding hydrogens is 324 g/mol. The predicted molar refractivity (Wildman–Crippen MR) is 88.4 cm³/mol. The van der Waals surface area contributed by atoms with Gasteiger partial charge in [-0.05, 0) is 36.2 Å². The Labute approximate surface area is 144 Å². The maximum absolute atomic E-state index is 12.1. The number of amides is 3. The Morgan fingerprint density at radius 3 is 2.52 bits per heavy atom. The van der Waals surface area contributed by atoms with E-state index in [0.717, 1.165) is 16.9 Å². The number of carbonyl (C=O) groups excluding carboxylic acids is 3. The Bertz CT molecular complexity index is 822. The molecular formula is C18H18N2O5. The molecule has 1 aliphatic rings. The largest absolute Gasteiger partial charge is 0.454 e. The van der Waals surface area contributed by atoms with E-state index < -0.39 is 18.0 Å². The normalized spacial score (nSPS) is 16.5. The number of hydrogen-bond donors (Lipinski definition) is 2. The van der Waals surface area contributed by atoms with Gasteiger partial charge in [0, 0.05) is 12.8 Å². The topological polar surface area (TPSA) is 97.6 Å². The first-order chi connectivity index (χ1) is 12.0. The van der Waals surface area contributed by atoms with Crippen LogP contribution in [-0.2, 0) is 17.6 Å². The van der Waals surface area contributed by atoms with Crippen LogP contribution in [0.1, 0.15) is 34.4 Å². The maximum Gasteiger partial charge on any atom is 0.379 e. The fourth-order valence-corrected chi connectivity index (χ4v) is 2.66. The Hall–Kier alpha value is -3.09. The first kappa shape index (κ1) is 16.8. The Balaban J connectivity index is 1.63. The van der Waals surface area contributed by atoms with Crippen LogP contribution in [-0.4, -0.2) is 23.9 Å². The minimum Gasteiger partial charge on any atom is -0.454 e. The van der Waals surface area contributed by atoms with E-state index in [1.807, 2.05) is 13.8 Å². The number of benzene rings is 1. The number of aryl methyl sites for hydroxylation is 2. The molecule has 1 saturated heterocycles. The Morgan fingerprint density at radius 1 is 1.24 bits per heavy atom. The monoisotopic (exact) mass is 342 g/mol. The van der Waals surface area contributed by atoms with Gasteiger partial charge in [0.2, 0.25) is 5.76 Å². The molecule has 7 heteroatoms. The zero-order chi connectivity index (χ0) is 18.0. The number of nitrogens with one attached hydrogen (secondary N) is 2. The molecule has 1 aromatic heterocycles. The van der Waals surface area contributed by atoms with E-state index in [0.29, 0.717) is 18.6 Å². The molecule has 1 atom stereocenters. The molecule has 1 aromatic carbocycles. The number of furan rings is 1.